The molecule has 2 aromatic rings. The van der Waals surface area contributed by atoms with Gasteiger partial charge in [-0.15, -0.1) is 0 Å². The molecule has 114 valence electrons. The number of aromatic amines is 1. The topological polar surface area (TPSA) is 104 Å². The number of rotatable bonds is 4. The first kappa shape index (κ1) is 14.2. The summed E-state index contributed by atoms with van der Waals surface area (Å²) >= 11 is 0. The van der Waals surface area contributed by atoms with Crippen molar-refractivity contribution in [3.63, 3.8) is 0 Å². The third-order valence-corrected chi connectivity index (χ3v) is 5.92. The number of aromatic nitrogens is 4. The Morgan fingerprint density at radius 3 is 2.90 bits per heavy atom. The number of aliphatic hydroxyl groups excluding tert-OH is 1. The molecule has 2 aromatic heterocycles. The van der Waals surface area contributed by atoms with Crippen LogP contribution in [0.2, 0.25) is 0 Å². The summed E-state index contributed by atoms with van der Waals surface area (Å²) in [6.45, 7) is 0. The molecule has 0 spiro atoms. The normalized spacial score (nSPS) is 26.5. The average Bonchev–Trinajstić information content (AvgIpc) is 3.19. The van der Waals surface area contributed by atoms with Crippen molar-refractivity contribution in [2.45, 2.75) is 35.9 Å². The van der Waals surface area contributed by atoms with E-state index in [2.05, 4.69) is 15.2 Å². The predicted octanol–water partition coefficient (Wildman–Crippen LogP) is -0.00870. The minimum Gasteiger partial charge on any atom is -0.389 e. The van der Waals surface area contributed by atoms with Crippen molar-refractivity contribution in [1.29, 1.82) is 0 Å². The Hall–Kier alpha value is -1.71. The van der Waals surface area contributed by atoms with Crippen LogP contribution in [-0.4, -0.2) is 56.8 Å². The number of sulfonamides is 1. The van der Waals surface area contributed by atoms with Gasteiger partial charge in [0.2, 0.25) is 10.0 Å². The van der Waals surface area contributed by atoms with Crippen LogP contribution in [-0.2, 0) is 10.0 Å². The van der Waals surface area contributed by atoms with Crippen LogP contribution >= 0.6 is 0 Å². The van der Waals surface area contributed by atoms with Gasteiger partial charge in [0.25, 0.3) is 0 Å². The number of hydrogen-bond donors (Lipinski definition) is 2. The summed E-state index contributed by atoms with van der Waals surface area (Å²) in [5.74, 6) is 0. The lowest BCUT2D eigenvalue weighted by atomic mass is 10.2. The SMILES string of the molecule is CN([C@@H]1CC[C@@H](n2ccnc2)[C@@H]1O)S(=O)(=O)c1cn[nH]c1. The van der Waals surface area contributed by atoms with E-state index in [1.54, 1.807) is 18.7 Å². The van der Waals surface area contributed by atoms with Gasteiger partial charge < -0.3 is 9.67 Å². The maximum absolute atomic E-state index is 12.5. The molecule has 1 aliphatic carbocycles. The molecule has 1 saturated carbocycles. The molecule has 1 fully saturated rings. The van der Waals surface area contributed by atoms with Crippen molar-refractivity contribution in [1.82, 2.24) is 24.1 Å². The van der Waals surface area contributed by atoms with Crippen molar-refractivity contribution < 1.29 is 13.5 Å². The van der Waals surface area contributed by atoms with Crippen molar-refractivity contribution in [3.8, 4) is 0 Å². The summed E-state index contributed by atoms with van der Waals surface area (Å²) < 4.78 is 28.0. The summed E-state index contributed by atoms with van der Waals surface area (Å²) in [6.07, 6.45) is 8.19. The Morgan fingerprint density at radius 2 is 2.29 bits per heavy atom. The zero-order chi connectivity index (χ0) is 15.0. The summed E-state index contributed by atoms with van der Waals surface area (Å²) in [7, 11) is -2.16. The average molecular weight is 311 g/mol. The monoisotopic (exact) mass is 311 g/mol. The van der Waals surface area contributed by atoms with Crippen LogP contribution in [0.25, 0.3) is 0 Å². The Morgan fingerprint density at radius 1 is 1.48 bits per heavy atom. The van der Waals surface area contributed by atoms with Gasteiger partial charge in [0.05, 0.1) is 30.7 Å². The molecule has 0 radical (unpaired) electrons. The van der Waals surface area contributed by atoms with E-state index in [4.69, 9.17) is 0 Å². The highest BCUT2D eigenvalue weighted by Crippen LogP contribution is 2.34. The number of nitrogens with zero attached hydrogens (tertiary/aromatic N) is 4. The molecule has 2 N–H and O–H groups in total. The van der Waals surface area contributed by atoms with Crippen LogP contribution in [0.4, 0.5) is 0 Å². The Bertz CT molecular complexity index is 683. The standard InChI is InChI=1S/C12H17N5O3S/c1-16(21(19,20)9-6-14-15-7-9)10-2-3-11(12(10)18)17-5-4-13-8-17/h4-8,10-12,18H,2-3H2,1H3,(H,14,15)/t10-,11-,12-/m1/s1. The molecule has 3 atom stereocenters. The third-order valence-electron chi connectivity index (χ3n) is 4.07. The van der Waals surface area contributed by atoms with Crippen LogP contribution in [0.1, 0.15) is 18.9 Å². The van der Waals surface area contributed by atoms with Crippen molar-refractivity contribution in [2.24, 2.45) is 0 Å². The lowest BCUT2D eigenvalue weighted by Crippen LogP contribution is -2.43. The maximum atomic E-state index is 12.5. The molecule has 9 heteroatoms. The quantitative estimate of drug-likeness (QED) is 0.826. The zero-order valence-corrected chi connectivity index (χ0v) is 12.3. The fraction of sp³-hybridized carbons (Fsp3) is 0.500. The zero-order valence-electron chi connectivity index (χ0n) is 11.5. The van der Waals surface area contributed by atoms with E-state index in [0.29, 0.717) is 12.8 Å². The second kappa shape index (κ2) is 5.24. The summed E-state index contributed by atoms with van der Waals surface area (Å²) in [5.41, 5.74) is 0. The highest BCUT2D eigenvalue weighted by Gasteiger charge is 2.42. The van der Waals surface area contributed by atoms with Gasteiger partial charge >= 0.3 is 0 Å². The van der Waals surface area contributed by atoms with Gasteiger partial charge in [-0.1, -0.05) is 0 Å². The van der Waals surface area contributed by atoms with E-state index < -0.39 is 22.2 Å². The molecule has 21 heavy (non-hydrogen) atoms. The molecular formula is C12H17N5O3S. The molecule has 0 bridgehead atoms. The third kappa shape index (κ3) is 2.37. The number of hydrogen-bond acceptors (Lipinski definition) is 5. The maximum Gasteiger partial charge on any atom is 0.246 e. The van der Waals surface area contributed by atoms with E-state index >= 15 is 0 Å². The van der Waals surface area contributed by atoms with E-state index in [1.165, 1.54) is 23.7 Å². The summed E-state index contributed by atoms with van der Waals surface area (Å²) in [4.78, 5) is 4.07. The second-order valence-corrected chi connectivity index (χ2v) is 7.17. The van der Waals surface area contributed by atoms with Crippen LogP contribution in [0.15, 0.2) is 36.0 Å². The van der Waals surface area contributed by atoms with Gasteiger partial charge in [0.15, 0.2) is 0 Å². The van der Waals surface area contributed by atoms with Crippen LogP contribution < -0.4 is 0 Å². The molecular weight excluding hydrogens is 294 g/mol. The number of aliphatic hydroxyl groups is 1. The lowest BCUT2D eigenvalue weighted by Gasteiger charge is -2.27. The lowest BCUT2D eigenvalue weighted by molar-refractivity contribution is 0.0883. The first-order chi connectivity index (χ1) is 10.0. The van der Waals surface area contributed by atoms with Gasteiger partial charge in [0, 0.05) is 25.6 Å². The molecule has 8 nitrogen and oxygen atoms in total. The first-order valence-corrected chi connectivity index (χ1v) is 8.08. The highest BCUT2D eigenvalue weighted by atomic mass is 32.2. The number of likely N-dealkylation sites (N-methyl/N-ethyl adjacent to an activating group) is 1. The Kier molecular flexibility index (Phi) is 3.56. The predicted molar refractivity (Wildman–Crippen MR) is 73.8 cm³/mol. The molecule has 0 aromatic carbocycles. The van der Waals surface area contributed by atoms with E-state index in [9.17, 15) is 13.5 Å². The molecule has 2 heterocycles. The molecule has 3 rings (SSSR count). The largest absolute Gasteiger partial charge is 0.389 e. The number of imidazole rings is 1. The van der Waals surface area contributed by atoms with Gasteiger partial charge in [-0.05, 0) is 12.8 Å². The molecule has 0 aliphatic heterocycles. The minimum atomic E-state index is -3.65. The van der Waals surface area contributed by atoms with Gasteiger partial charge in [0.1, 0.15) is 4.90 Å². The molecule has 1 aliphatic rings. The Labute approximate surface area is 122 Å². The highest BCUT2D eigenvalue weighted by molar-refractivity contribution is 7.89. The summed E-state index contributed by atoms with van der Waals surface area (Å²) in [5, 5.41) is 16.6. The number of H-pyrrole nitrogens is 1. The van der Waals surface area contributed by atoms with Crippen LogP contribution in [0.5, 0.6) is 0 Å². The molecule has 0 unspecified atom stereocenters. The van der Waals surface area contributed by atoms with Gasteiger partial charge in [-0.3, -0.25) is 5.10 Å². The summed E-state index contributed by atoms with van der Waals surface area (Å²) in [6, 6.07) is -0.614. The van der Waals surface area contributed by atoms with E-state index in [-0.39, 0.29) is 10.9 Å². The smallest absolute Gasteiger partial charge is 0.246 e. The van der Waals surface area contributed by atoms with E-state index in [0.717, 1.165) is 0 Å². The minimum absolute atomic E-state index is 0.100. The van der Waals surface area contributed by atoms with Gasteiger partial charge in [-0.25, -0.2) is 13.4 Å². The Balaban J connectivity index is 1.82. The van der Waals surface area contributed by atoms with Crippen LogP contribution in [0, 0.1) is 0 Å². The molecule has 0 amide bonds. The molecule has 0 saturated heterocycles. The fourth-order valence-electron chi connectivity index (χ4n) is 2.85. The fourth-order valence-corrected chi connectivity index (χ4v) is 4.16. The first-order valence-electron chi connectivity index (χ1n) is 6.64. The van der Waals surface area contributed by atoms with Crippen LogP contribution in [0.3, 0.4) is 0 Å². The van der Waals surface area contributed by atoms with Crippen molar-refractivity contribution in [3.05, 3.63) is 31.1 Å². The van der Waals surface area contributed by atoms with E-state index in [1.807, 2.05) is 4.57 Å². The van der Waals surface area contributed by atoms with Crippen molar-refractivity contribution in [2.75, 3.05) is 7.05 Å². The second-order valence-electron chi connectivity index (χ2n) is 5.17. The van der Waals surface area contributed by atoms with Gasteiger partial charge in [-0.2, -0.15) is 9.40 Å². The van der Waals surface area contributed by atoms with Crippen molar-refractivity contribution >= 4 is 10.0 Å². The number of nitrogens with one attached hydrogen (secondary N) is 1.